The smallest absolute Gasteiger partial charge is 0.000491 e. The summed E-state index contributed by atoms with van der Waals surface area (Å²) in [5.41, 5.74) is 1.14. The van der Waals surface area contributed by atoms with Crippen molar-refractivity contribution in [1.82, 2.24) is 5.32 Å². The molecule has 0 aromatic carbocycles. The summed E-state index contributed by atoms with van der Waals surface area (Å²) in [6, 6.07) is 0. The normalized spacial score (nSPS) is 33.8. The Kier molecular flexibility index (Phi) is 4.98. The van der Waals surface area contributed by atoms with Crippen LogP contribution in [0.1, 0.15) is 78.6 Å². The molecular weight excluding hydrogens is 230 g/mol. The summed E-state index contributed by atoms with van der Waals surface area (Å²) in [5.74, 6) is 1.99. The van der Waals surface area contributed by atoms with E-state index in [-0.39, 0.29) is 0 Å². The SMILES string of the molecule is CNCC1(CC2CCCC2)CCC(C(C)(C)C)CC1. The lowest BCUT2D eigenvalue weighted by Crippen LogP contribution is -2.40. The molecule has 0 bridgehead atoms. The molecule has 19 heavy (non-hydrogen) atoms. The Morgan fingerprint density at radius 1 is 1.00 bits per heavy atom. The number of nitrogens with one attached hydrogen (secondary N) is 1. The van der Waals surface area contributed by atoms with Gasteiger partial charge in [-0.05, 0) is 61.8 Å². The molecule has 2 fully saturated rings. The van der Waals surface area contributed by atoms with Crippen LogP contribution in [0.25, 0.3) is 0 Å². The minimum Gasteiger partial charge on any atom is -0.319 e. The first kappa shape index (κ1) is 15.4. The fraction of sp³-hybridized carbons (Fsp3) is 1.00. The molecule has 0 amide bonds. The molecule has 0 saturated heterocycles. The predicted molar refractivity (Wildman–Crippen MR) is 84.3 cm³/mol. The van der Waals surface area contributed by atoms with Crippen LogP contribution in [0.15, 0.2) is 0 Å². The van der Waals surface area contributed by atoms with Crippen LogP contribution in [0.2, 0.25) is 0 Å². The highest BCUT2D eigenvalue weighted by Gasteiger charge is 2.39. The molecular formula is C18H35N. The average Bonchev–Trinajstić information content (AvgIpc) is 2.81. The molecule has 1 N–H and O–H groups in total. The molecule has 1 nitrogen and oxygen atoms in total. The van der Waals surface area contributed by atoms with Gasteiger partial charge in [-0.1, -0.05) is 46.5 Å². The molecule has 0 atom stereocenters. The third-order valence-corrected chi connectivity index (χ3v) is 6.02. The van der Waals surface area contributed by atoms with Gasteiger partial charge < -0.3 is 5.32 Å². The molecule has 0 aromatic heterocycles. The Bertz CT molecular complexity index is 262. The molecule has 0 aromatic rings. The molecule has 2 rings (SSSR count). The van der Waals surface area contributed by atoms with Crippen LogP contribution >= 0.6 is 0 Å². The van der Waals surface area contributed by atoms with Gasteiger partial charge >= 0.3 is 0 Å². The molecule has 112 valence electrons. The molecule has 0 unspecified atom stereocenters. The number of hydrogen-bond donors (Lipinski definition) is 1. The Balaban J connectivity index is 1.94. The number of rotatable bonds is 4. The van der Waals surface area contributed by atoms with E-state index in [0.717, 1.165) is 11.8 Å². The van der Waals surface area contributed by atoms with Crippen molar-refractivity contribution in [3.63, 3.8) is 0 Å². The molecule has 1 heteroatoms. The molecule has 0 radical (unpaired) electrons. The summed E-state index contributed by atoms with van der Waals surface area (Å²) in [7, 11) is 2.15. The van der Waals surface area contributed by atoms with Crippen LogP contribution in [-0.2, 0) is 0 Å². The van der Waals surface area contributed by atoms with Crippen molar-refractivity contribution in [2.45, 2.75) is 78.6 Å². The van der Waals surface area contributed by atoms with Gasteiger partial charge in [0.2, 0.25) is 0 Å². The van der Waals surface area contributed by atoms with Gasteiger partial charge in [-0.25, -0.2) is 0 Å². The van der Waals surface area contributed by atoms with Crippen molar-refractivity contribution in [3.8, 4) is 0 Å². The predicted octanol–water partition coefficient (Wildman–Crippen LogP) is 5.01. The van der Waals surface area contributed by atoms with E-state index in [9.17, 15) is 0 Å². The second kappa shape index (κ2) is 6.16. The van der Waals surface area contributed by atoms with Crippen molar-refractivity contribution in [3.05, 3.63) is 0 Å². The number of hydrogen-bond acceptors (Lipinski definition) is 1. The summed E-state index contributed by atoms with van der Waals surface area (Å²) in [6.45, 7) is 8.54. The van der Waals surface area contributed by atoms with E-state index in [2.05, 4.69) is 33.1 Å². The van der Waals surface area contributed by atoms with Gasteiger partial charge in [-0.15, -0.1) is 0 Å². The highest BCUT2D eigenvalue weighted by Crippen LogP contribution is 2.49. The quantitative estimate of drug-likeness (QED) is 0.753. The summed E-state index contributed by atoms with van der Waals surface area (Å²) in [4.78, 5) is 0. The first-order valence-electron chi connectivity index (χ1n) is 8.60. The maximum Gasteiger partial charge on any atom is 0.000491 e. The van der Waals surface area contributed by atoms with Crippen LogP contribution < -0.4 is 5.32 Å². The van der Waals surface area contributed by atoms with E-state index in [1.807, 2.05) is 0 Å². The monoisotopic (exact) mass is 265 g/mol. The summed E-state index contributed by atoms with van der Waals surface area (Å²) in [6.07, 6.45) is 13.3. The lowest BCUT2D eigenvalue weighted by atomic mass is 9.61. The Morgan fingerprint density at radius 3 is 2.05 bits per heavy atom. The molecule has 0 heterocycles. The van der Waals surface area contributed by atoms with Gasteiger partial charge in [0, 0.05) is 6.54 Å². The van der Waals surface area contributed by atoms with Crippen molar-refractivity contribution in [2.75, 3.05) is 13.6 Å². The lowest BCUT2D eigenvalue weighted by Gasteiger charge is -2.45. The Hall–Kier alpha value is -0.0400. The van der Waals surface area contributed by atoms with E-state index in [1.54, 1.807) is 0 Å². The van der Waals surface area contributed by atoms with Gasteiger partial charge in [0.15, 0.2) is 0 Å². The molecule has 0 spiro atoms. The summed E-state index contributed by atoms with van der Waals surface area (Å²) >= 11 is 0. The zero-order valence-electron chi connectivity index (χ0n) is 13.7. The van der Waals surface area contributed by atoms with Gasteiger partial charge in [-0.2, -0.15) is 0 Å². The third-order valence-electron chi connectivity index (χ3n) is 6.02. The van der Waals surface area contributed by atoms with E-state index in [0.29, 0.717) is 10.8 Å². The standard InChI is InChI=1S/C18H35N/c1-17(2,3)16-9-11-18(12-10-16,14-19-4)13-15-7-5-6-8-15/h15-16,19H,5-14H2,1-4H3. The average molecular weight is 265 g/mol. The fourth-order valence-corrected chi connectivity index (χ4v) is 4.75. The van der Waals surface area contributed by atoms with Crippen LogP contribution in [0.4, 0.5) is 0 Å². The van der Waals surface area contributed by atoms with Crippen LogP contribution in [-0.4, -0.2) is 13.6 Å². The highest BCUT2D eigenvalue weighted by atomic mass is 14.8. The first-order chi connectivity index (χ1) is 8.95. The van der Waals surface area contributed by atoms with Crippen molar-refractivity contribution in [1.29, 1.82) is 0 Å². The van der Waals surface area contributed by atoms with Crippen LogP contribution in [0.3, 0.4) is 0 Å². The lowest BCUT2D eigenvalue weighted by molar-refractivity contribution is 0.0683. The zero-order chi connectivity index (χ0) is 13.9. The van der Waals surface area contributed by atoms with Gasteiger partial charge in [0.25, 0.3) is 0 Å². The van der Waals surface area contributed by atoms with Gasteiger partial charge in [0.1, 0.15) is 0 Å². The van der Waals surface area contributed by atoms with Crippen molar-refractivity contribution in [2.24, 2.45) is 22.7 Å². The first-order valence-corrected chi connectivity index (χ1v) is 8.60. The molecule has 2 aliphatic carbocycles. The Morgan fingerprint density at radius 2 is 1.58 bits per heavy atom. The van der Waals surface area contributed by atoms with Crippen molar-refractivity contribution < 1.29 is 0 Å². The van der Waals surface area contributed by atoms with E-state index in [1.165, 1.54) is 64.3 Å². The van der Waals surface area contributed by atoms with Crippen LogP contribution in [0.5, 0.6) is 0 Å². The highest BCUT2D eigenvalue weighted by molar-refractivity contribution is 4.92. The van der Waals surface area contributed by atoms with Crippen LogP contribution in [0, 0.1) is 22.7 Å². The molecule has 2 aliphatic rings. The Labute approximate surface area is 120 Å². The second-order valence-corrected chi connectivity index (χ2v) is 8.53. The summed E-state index contributed by atoms with van der Waals surface area (Å²) in [5, 5.41) is 3.51. The van der Waals surface area contributed by atoms with Crippen molar-refractivity contribution >= 4 is 0 Å². The fourth-order valence-electron chi connectivity index (χ4n) is 4.75. The van der Waals surface area contributed by atoms with Gasteiger partial charge in [-0.3, -0.25) is 0 Å². The third kappa shape index (κ3) is 3.97. The zero-order valence-corrected chi connectivity index (χ0v) is 13.7. The molecule has 2 saturated carbocycles. The minimum absolute atomic E-state index is 0.513. The van der Waals surface area contributed by atoms with Gasteiger partial charge in [0.05, 0.1) is 0 Å². The van der Waals surface area contributed by atoms with E-state index in [4.69, 9.17) is 0 Å². The minimum atomic E-state index is 0.513. The maximum absolute atomic E-state index is 3.51. The van der Waals surface area contributed by atoms with E-state index < -0.39 is 0 Å². The second-order valence-electron chi connectivity index (χ2n) is 8.53. The summed E-state index contributed by atoms with van der Waals surface area (Å²) < 4.78 is 0. The van der Waals surface area contributed by atoms with E-state index >= 15 is 0 Å². The largest absolute Gasteiger partial charge is 0.319 e. The topological polar surface area (TPSA) is 12.0 Å². The molecule has 0 aliphatic heterocycles. The maximum atomic E-state index is 3.51.